The van der Waals surface area contributed by atoms with E-state index in [0.717, 1.165) is 11.1 Å². The Balaban J connectivity index is 2.33. The molecule has 0 saturated carbocycles. The van der Waals surface area contributed by atoms with Crippen molar-refractivity contribution in [3.8, 4) is 5.75 Å². The first-order valence-electron chi connectivity index (χ1n) is 9.22. The number of hydrogen-bond acceptors (Lipinski definition) is 1. The monoisotopic (exact) mass is 344 g/mol. The molecule has 1 nitrogen and oxygen atoms in total. The van der Waals surface area contributed by atoms with Crippen molar-refractivity contribution in [1.82, 2.24) is 0 Å². The van der Waals surface area contributed by atoms with E-state index in [1.54, 1.807) is 0 Å². The number of aryl methyl sites for hydroxylation is 6. The van der Waals surface area contributed by atoms with Crippen LogP contribution in [0, 0.1) is 41.5 Å². The Morgan fingerprint density at radius 2 is 1.12 bits per heavy atom. The van der Waals surface area contributed by atoms with Crippen molar-refractivity contribution in [2.24, 2.45) is 0 Å². The molecule has 3 aromatic carbocycles. The molecule has 0 saturated heterocycles. The van der Waals surface area contributed by atoms with Crippen LogP contribution in [0.25, 0.3) is 0 Å². The number of phenols is 1. The molecule has 134 valence electrons. The quantitative estimate of drug-likeness (QED) is 0.543. The van der Waals surface area contributed by atoms with E-state index in [0.29, 0.717) is 5.75 Å². The molecule has 3 aromatic rings. The summed E-state index contributed by atoms with van der Waals surface area (Å²) in [5.74, 6) is 0.529. The summed E-state index contributed by atoms with van der Waals surface area (Å²) in [6.07, 6.45) is 0. The van der Waals surface area contributed by atoms with E-state index in [9.17, 15) is 5.11 Å². The summed E-state index contributed by atoms with van der Waals surface area (Å²) in [5.41, 5.74) is 11.1. The van der Waals surface area contributed by atoms with E-state index in [-0.39, 0.29) is 5.92 Å². The lowest BCUT2D eigenvalue weighted by Gasteiger charge is -2.25. The summed E-state index contributed by atoms with van der Waals surface area (Å²) < 4.78 is 0. The highest BCUT2D eigenvalue weighted by molar-refractivity contribution is 5.54. The maximum Gasteiger partial charge on any atom is 0.118 e. The predicted molar refractivity (Wildman–Crippen MR) is 110 cm³/mol. The summed E-state index contributed by atoms with van der Waals surface area (Å²) in [6.45, 7) is 12.7. The fourth-order valence-corrected chi connectivity index (χ4v) is 3.86. The van der Waals surface area contributed by atoms with Gasteiger partial charge in [0.2, 0.25) is 0 Å². The molecule has 3 rings (SSSR count). The van der Waals surface area contributed by atoms with Gasteiger partial charge in [-0.25, -0.2) is 0 Å². The summed E-state index contributed by atoms with van der Waals surface area (Å²) in [4.78, 5) is 0. The number of benzene rings is 3. The predicted octanol–water partition coefficient (Wildman–Crippen LogP) is 6.42. The van der Waals surface area contributed by atoms with Gasteiger partial charge < -0.3 is 5.11 Å². The smallest absolute Gasteiger partial charge is 0.118 e. The zero-order chi connectivity index (χ0) is 19.0. The third-order valence-corrected chi connectivity index (χ3v) is 5.38. The topological polar surface area (TPSA) is 20.2 Å². The van der Waals surface area contributed by atoms with Crippen molar-refractivity contribution >= 4 is 0 Å². The van der Waals surface area contributed by atoms with Gasteiger partial charge in [0, 0.05) is 5.92 Å². The zero-order valence-electron chi connectivity index (χ0n) is 16.6. The van der Waals surface area contributed by atoms with Crippen molar-refractivity contribution in [3.63, 3.8) is 0 Å². The second-order valence-electron chi connectivity index (χ2n) is 7.65. The van der Waals surface area contributed by atoms with Crippen molar-refractivity contribution in [3.05, 3.63) is 98.6 Å². The molecule has 0 heterocycles. The van der Waals surface area contributed by atoms with Gasteiger partial charge in [-0.15, -0.1) is 0 Å². The highest BCUT2D eigenvalue weighted by atomic mass is 16.3. The fourth-order valence-electron chi connectivity index (χ4n) is 3.86. The molecule has 0 aromatic heterocycles. The molecule has 0 aliphatic heterocycles. The van der Waals surface area contributed by atoms with E-state index in [1.165, 1.54) is 38.9 Å². The van der Waals surface area contributed by atoms with Crippen LogP contribution >= 0.6 is 0 Å². The first-order valence-corrected chi connectivity index (χ1v) is 9.22. The van der Waals surface area contributed by atoms with E-state index < -0.39 is 0 Å². The van der Waals surface area contributed by atoms with Crippen molar-refractivity contribution < 1.29 is 5.11 Å². The highest BCUT2D eigenvalue weighted by Crippen LogP contribution is 2.39. The van der Waals surface area contributed by atoms with Crippen molar-refractivity contribution in [2.45, 2.75) is 47.5 Å². The molecule has 1 heteroatoms. The third kappa shape index (κ3) is 3.39. The number of aromatic hydroxyl groups is 1. The van der Waals surface area contributed by atoms with E-state index >= 15 is 0 Å². The molecule has 1 unspecified atom stereocenters. The molecule has 1 N–H and O–H groups in total. The van der Waals surface area contributed by atoms with Crippen molar-refractivity contribution in [2.75, 3.05) is 0 Å². The lowest BCUT2D eigenvalue weighted by molar-refractivity contribution is 0.470. The van der Waals surface area contributed by atoms with Crippen LogP contribution in [0.5, 0.6) is 5.75 Å². The Hall–Kier alpha value is -2.54. The van der Waals surface area contributed by atoms with E-state index in [1.807, 2.05) is 13.0 Å². The second-order valence-corrected chi connectivity index (χ2v) is 7.65. The summed E-state index contributed by atoms with van der Waals surface area (Å²) in [6, 6.07) is 17.5. The molecule has 0 fully saturated rings. The van der Waals surface area contributed by atoms with Gasteiger partial charge in [0.1, 0.15) is 5.75 Å². The molecule has 0 amide bonds. The Bertz CT molecular complexity index is 966. The van der Waals surface area contributed by atoms with Gasteiger partial charge in [-0.3, -0.25) is 0 Å². The molecule has 0 aliphatic rings. The molecule has 0 aliphatic carbocycles. The van der Waals surface area contributed by atoms with Crippen molar-refractivity contribution in [1.29, 1.82) is 0 Å². The minimum Gasteiger partial charge on any atom is -0.508 e. The van der Waals surface area contributed by atoms with Crippen LogP contribution in [0.4, 0.5) is 0 Å². The Kier molecular flexibility index (Phi) is 4.91. The van der Waals surface area contributed by atoms with Crippen LogP contribution < -0.4 is 0 Å². The SMILES string of the molecule is Cc1ccc(C(c2cc(C)ccc2C)c2cc(C)c(O)cc2C)c(C)c1. The van der Waals surface area contributed by atoms with Crippen LogP contribution in [0.3, 0.4) is 0 Å². The molecule has 26 heavy (non-hydrogen) atoms. The van der Waals surface area contributed by atoms with Crippen LogP contribution in [-0.2, 0) is 0 Å². The van der Waals surface area contributed by atoms with Gasteiger partial charge in [-0.05, 0) is 86.6 Å². The van der Waals surface area contributed by atoms with Crippen LogP contribution in [0.1, 0.15) is 56.0 Å². The number of phenolic OH excluding ortho intramolecular Hbond substituents is 1. The number of rotatable bonds is 3. The first-order chi connectivity index (χ1) is 12.3. The zero-order valence-corrected chi connectivity index (χ0v) is 16.6. The van der Waals surface area contributed by atoms with Crippen LogP contribution in [-0.4, -0.2) is 5.11 Å². The van der Waals surface area contributed by atoms with Gasteiger partial charge in [-0.1, -0.05) is 53.6 Å². The van der Waals surface area contributed by atoms with Gasteiger partial charge in [0.05, 0.1) is 0 Å². The highest BCUT2D eigenvalue weighted by Gasteiger charge is 2.23. The van der Waals surface area contributed by atoms with E-state index in [4.69, 9.17) is 0 Å². The molecule has 0 spiro atoms. The lowest BCUT2D eigenvalue weighted by Crippen LogP contribution is -2.10. The Morgan fingerprint density at radius 3 is 1.81 bits per heavy atom. The maximum atomic E-state index is 10.1. The maximum absolute atomic E-state index is 10.1. The average molecular weight is 344 g/mol. The molecule has 1 atom stereocenters. The van der Waals surface area contributed by atoms with E-state index in [2.05, 4.69) is 77.1 Å². The molecule has 0 bridgehead atoms. The fraction of sp³-hybridized carbons (Fsp3) is 0.280. The Morgan fingerprint density at radius 1 is 0.538 bits per heavy atom. The molecular formula is C25H28O. The molecule has 0 radical (unpaired) electrons. The van der Waals surface area contributed by atoms with Crippen LogP contribution in [0.2, 0.25) is 0 Å². The van der Waals surface area contributed by atoms with Gasteiger partial charge in [-0.2, -0.15) is 0 Å². The third-order valence-electron chi connectivity index (χ3n) is 5.38. The minimum atomic E-state index is 0.162. The van der Waals surface area contributed by atoms with Crippen LogP contribution in [0.15, 0.2) is 48.5 Å². The number of hydrogen-bond donors (Lipinski definition) is 1. The lowest BCUT2D eigenvalue weighted by atomic mass is 9.78. The normalized spacial score (nSPS) is 12.2. The molecular weight excluding hydrogens is 316 g/mol. The van der Waals surface area contributed by atoms with Gasteiger partial charge >= 0.3 is 0 Å². The average Bonchev–Trinajstić information content (AvgIpc) is 2.57. The van der Waals surface area contributed by atoms with Gasteiger partial charge in [0.15, 0.2) is 0 Å². The summed E-state index contributed by atoms with van der Waals surface area (Å²) in [5, 5.41) is 10.1. The minimum absolute atomic E-state index is 0.162. The summed E-state index contributed by atoms with van der Waals surface area (Å²) in [7, 11) is 0. The van der Waals surface area contributed by atoms with Gasteiger partial charge in [0.25, 0.3) is 0 Å². The largest absolute Gasteiger partial charge is 0.508 e. The Labute approximate surface area is 157 Å². The first kappa shape index (κ1) is 18.3. The standard InChI is InChI=1S/C25H28O/c1-15-8-10-21(18(4)11-15)25(22-12-16(2)7-9-17(22)3)23-13-20(6)24(26)14-19(23)5/h7-14,25-26H,1-6H3. The second kappa shape index (κ2) is 6.99. The summed E-state index contributed by atoms with van der Waals surface area (Å²) >= 11 is 0.